The maximum Gasteiger partial charge on any atom is 0.164 e. The van der Waals surface area contributed by atoms with E-state index in [9.17, 15) is 0 Å². The van der Waals surface area contributed by atoms with Crippen molar-refractivity contribution >= 4 is 0 Å². The lowest BCUT2D eigenvalue weighted by molar-refractivity contribution is 0.775. The van der Waals surface area contributed by atoms with Gasteiger partial charge in [0.1, 0.15) is 0 Å². The summed E-state index contributed by atoms with van der Waals surface area (Å²) in [5.41, 5.74) is 17.2. The van der Waals surface area contributed by atoms with Gasteiger partial charge in [-0.25, -0.2) is 15.0 Å². The van der Waals surface area contributed by atoms with E-state index in [2.05, 4.69) is 176 Å². The predicted octanol–water partition coefficient (Wildman–Crippen LogP) is 12.6. The van der Waals surface area contributed by atoms with E-state index in [0.717, 1.165) is 22.3 Å². The van der Waals surface area contributed by atoms with Crippen LogP contribution in [0, 0.1) is 0 Å². The highest BCUT2D eigenvalue weighted by molar-refractivity contribution is 5.98. The van der Waals surface area contributed by atoms with Crippen molar-refractivity contribution in [1.82, 2.24) is 15.0 Å². The van der Waals surface area contributed by atoms with Crippen LogP contribution >= 0.6 is 0 Å². The van der Waals surface area contributed by atoms with E-state index < -0.39 is 5.41 Å². The Balaban J connectivity index is 1.16. The highest BCUT2D eigenvalue weighted by atomic mass is 15.0. The first-order valence-corrected chi connectivity index (χ1v) is 18.8. The molecule has 3 heteroatoms. The Bertz CT molecular complexity index is 2870. The second kappa shape index (κ2) is 12.4. The van der Waals surface area contributed by atoms with Gasteiger partial charge in [0.25, 0.3) is 0 Å². The maximum absolute atomic E-state index is 5.21. The highest BCUT2D eigenvalue weighted by Gasteiger charge is 2.49. The Labute approximate surface area is 320 Å². The smallest absolute Gasteiger partial charge is 0.164 e. The largest absolute Gasteiger partial charge is 0.208 e. The van der Waals surface area contributed by atoms with Crippen LogP contribution in [0.5, 0.6) is 0 Å². The molecule has 0 radical (unpaired) electrons. The fourth-order valence-electron chi connectivity index (χ4n) is 8.98. The van der Waals surface area contributed by atoms with Crippen LogP contribution in [-0.4, -0.2) is 15.0 Å². The first-order valence-electron chi connectivity index (χ1n) is 18.8. The van der Waals surface area contributed by atoms with Crippen LogP contribution in [0.25, 0.3) is 78.7 Å². The molecule has 1 aromatic heterocycles. The van der Waals surface area contributed by atoms with Gasteiger partial charge >= 0.3 is 0 Å². The Kier molecular flexibility index (Phi) is 7.08. The fourth-order valence-corrected chi connectivity index (χ4v) is 8.98. The lowest BCUT2D eigenvalue weighted by Crippen LogP contribution is -2.29. The van der Waals surface area contributed by atoms with Gasteiger partial charge in [0.15, 0.2) is 17.5 Å². The molecule has 0 N–H and O–H groups in total. The average Bonchev–Trinajstić information content (AvgIpc) is 3.52. The molecule has 1 heterocycles. The summed E-state index contributed by atoms with van der Waals surface area (Å²) in [7, 11) is 0. The topological polar surface area (TPSA) is 38.7 Å². The van der Waals surface area contributed by atoms with Crippen molar-refractivity contribution in [2.45, 2.75) is 5.41 Å². The molecular weight excluding hydrogens is 667 g/mol. The zero-order chi connectivity index (χ0) is 36.3. The summed E-state index contributed by atoms with van der Waals surface area (Å²) < 4.78 is 0. The number of aromatic nitrogens is 3. The number of nitrogens with zero attached hydrogens (tertiary/aromatic N) is 3. The van der Waals surface area contributed by atoms with Gasteiger partial charge in [0, 0.05) is 16.7 Å². The van der Waals surface area contributed by atoms with E-state index in [4.69, 9.17) is 15.0 Å². The molecule has 0 atom stereocenters. The third-order valence-corrected chi connectivity index (χ3v) is 11.4. The van der Waals surface area contributed by atoms with E-state index in [1.165, 1.54) is 61.2 Å². The Morgan fingerprint density at radius 3 is 1.11 bits per heavy atom. The molecule has 0 fully saturated rings. The maximum atomic E-state index is 5.21. The number of hydrogen-bond acceptors (Lipinski definition) is 3. The molecule has 0 bridgehead atoms. The van der Waals surface area contributed by atoms with Crippen molar-refractivity contribution in [3.63, 3.8) is 0 Å². The Hall–Kier alpha value is -7.23. The lowest BCUT2D eigenvalue weighted by Gasteiger charge is -2.35. The van der Waals surface area contributed by atoms with Crippen LogP contribution in [0.3, 0.4) is 0 Å². The molecular formula is C52H33N3. The van der Waals surface area contributed by atoms with Gasteiger partial charge in [-0.05, 0) is 72.8 Å². The van der Waals surface area contributed by atoms with Gasteiger partial charge in [0.2, 0.25) is 0 Å². The molecule has 9 aromatic rings. The first-order chi connectivity index (χ1) is 27.3. The van der Waals surface area contributed by atoms with Gasteiger partial charge in [-0.3, -0.25) is 0 Å². The summed E-state index contributed by atoms with van der Waals surface area (Å²) >= 11 is 0. The molecule has 8 aromatic carbocycles. The van der Waals surface area contributed by atoms with E-state index >= 15 is 0 Å². The summed E-state index contributed by atoms with van der Waals surface area (Å²) in [6.07, 6.45) is 0. The van der Waals surface area contributed by atoms with Crippen molar-refractivity contribution in [2.75, 3.05) is 0 Å². The summed E-state index contributed by atoms with van der Waals surface area (Å²) in [5.74, 6) is 1.92. The second-order valence-electron chi connectivity index (χ2n) is 14.3. The van der Waals surface area contributed by atoms with Crippen molar-refractivity contribution in [1.29, 1.82) is 0 Å². The molecule has 0 aliphatic heterocycles. The van der Waals surface area contributed by atoms with E-state index in [-0.39, 0.29) is 0 Å². The monoisotopic (exact) mass is 699 g/mol. The molecule has 0 unspecified atom stereocenters. The quantitative estimate of drug-likeness (QED) is 0.184. The SMILES string of the molecule is c1ccc(-c2ccc(-c3nc(-c4ccccc4)nc(-c4ccc5c(c4)-c4ccccc4-c4ccccc4C54c5ccccc5-c5ccccc54)n3)cc2)cc1. The minimum atomic E-state index is -0.531. The van der Waals surface area contributed by atoms with Gasteiger partial charge in [-0.1, -0.05) is 194 Å². The van der Waals surface area contributed by atoms with Crippen LogP contribution in [-0.2, 0) is 5.41 Å². The summed E-state index contributed by atoms with van der Waals surface area (Å²) in [4.78, 5) is 15.4. The van der Waals surface area contributed by atoms with Gasteiger partial charge < -0.3 is 0 Å². The van der Waals surface area contributed by atoms with Gasteiger partial charge in [0.05, 0.1) is 5.41 Å². The first kappa shape index (κ1) is 31.3. The van der Waals surface area contributed by atoms with Gasteiger partial charge in [-0.15, -0.1) is 0 Å². The molecule has 3 nitrogen and oxygen atoms in total. The minimum Gasteiger partial charge on any atom is -0.208 e. The second-order valence-corrected chi connectivity index (χ2v) is 14.3. The average molecular weight is 700 g/mol. The van der Waals surface area contributed by atoms with Crippen LogP contribution < -0.4 is 0 Å². The third kappa shape index (κ3) is 4.80. The zero-order valence-corrected chi connectivity index (χ0v) is 29.9. The molecule has 1 spiro atoms. The van der Waals surface area contributed by atoms with Crippen LogP contribution in [0.2, 0.25) is 0 Å². The highest BCUT2D eigenvalue weighted by Crippen LogP contribution is 2.61. The standard InChI is InChI=1S/C52H33N3/c1-3-15-34(16-4-1)35-27-29-37(30-28-35)50-53-49(36-17-5-2-6-18-36)54-51(55-50)38-31-32-48-44(33-38)40-20-8-7-19-39(40)41-21-9-12-24-45(41)52(48)46-25-13-10-22-42(46)43-23-11-14-26-47(43)52/h1-33H. The van der Waals surface area contributed by atoms with Crippen LogP contribution in [0.1, 0.15) is 22.3 Å². The van der Waals surface area contributed by atoms with Crippen molar-refractivity contribution in [3.8, 4) is 78.7 Å². The van der Waals surface area contributed by atoms with E-state index in [0.29, 0.717) is 17.5 Å². The molecule has 256 valence electrons. The normalized spacial score (nSPS) is 12.9. The van der Waals surface area contributed by atoms with E-state index in [1.807, 2.05) is 24.3 Å². The van der Waals surface area contributed by atoms with Crippen molar-refractivity contribution in [2.24, 2.45) is 0 Å². The molecule has 55 heavy (non-hydrogen) atoms. The van der Waals surface area contributed by atoms with Crippen molar-refractivity contribution in [3.05, 3.63) is 222 Å². The van der Waals surface area contributed by atoms with Crippen molar-refractivity contribution < 1.29 is 0 Å². The van der Waals surface area contributed by atoms with Crippen LogP contribution in [0.15, 0.2) is 200 Å². The molecule has 0 saturated heterocycles. The number of benzene rings is 8. The summed E-state index contributed by atoms with van der Waals surface area (Å²) in [6.45, 7) is 0. The summed E-state index contributed by atoms with van der Waals surface area (Å²) in [6, 6.07) is 71.7. The molecule has 2 aliphatic rings. The Morgan fingerprint density at radius 2 is 0.564 bits per heavy atom. The predicted molar refractivity (Wildman–Crippen MR) is 223 cm³/mol. The number of hydrogen-bond donors (Lipinski definition) is 0. The zero-order valence-electron chi connectivity index (χ0n) is 29.9. The third-order valence-electron chi connectivity index (χ3n) is 11.4. The molecule has 2 aliphatic carbocycles. The van der Waals surface area contributed by atoms with E-state index in [1.54, 1.807) is 0 Å². The molecule has 11 rings (SSSR count). The molecule has 0 saturated carbocycles. The summed E-state index contributed by atoms with van der Waals surface area (Å²) in [5, 5.41) is 0. The number of fused-ring (bicyclic) bond motifs is 12. The minimum absolute atomic E-state index is 0.531. The lowest BCUT2D eigenvalue weighted by atomic mass is 9.66. The van der Waals surface area contributed by atoms with Gasteiger partial charge in [-0.2, -0.15) is 0 Å². The van der Waals surface area contributed by atoms with Crippen LogP contribution in [0.4, 0.5) is 0 Å². The molecule has 0 amide bonds. The number of rotatable bonds is 4. The fraction of sp³-hybridized carbons (Fsp3) is 0.0192. The Morgan fingerprint density at radius 1 is 0.236 bits per heavy atom.